The van der Waals surface area contributed by atoms with Gasteiger partial charge in [-0.2, -0.15) is 0 Å². The molecule has 1 heterocycles. The van der Waals surface area contributed by atoms with E-state index in [0.717, 1.165) is 18.7 Å². The number of aromatic nitrogens is 2. The molecule has 0 aliphatic carbocycles. The summed E-state index contributed by atoms with van der Waals surface area (Å²) in [4.78, 5) is 22.8. The quantitative estimate of drug-likeness (QED) is 0.887. The van der Waals surface area contributed by atoms with Crippen molar-refractivity contribution in [3.8, 4) is 0 Å². The molecule has 2 rings (SSSR count). The van der Waals surface area contributed by atoms with E-state index in [2.05, 4.69) is 41.3 Å². The van der Waals surface area contributed by atoms with E-state index >= 15 is 0 Å². The van der Waals surface area contributed by atoms with Crippen molar-refractivity contribution >= 4 is 17.5 Å². The highest BCUT2D eigenvalue weighted by atomic mass is 16.1. The molecule has 1 N–H and O–H groups in total. The van der Waals surface area contributed by atoms with Crippen LogP contribution in [0.25, 0.3) is 0 Å². The van der Waals surface area contributed by atoms with Crippen LogP contribution in [0.5, 0.6) is 0 Å². The minimum absolute atomic E-state index is 0.135. The second kappa shape index (κ2) is 7.72. The average Bonchev–Trinajstić information content (AvgIpc) is 2.56. The first kappa shape index (κ1) is 16.9. The summed E-state index contributed by atoms with van der Waals surface area (Å²) in [6.45, 7) is 8.87. The molecule has 1 unspecified atom stereocenters. The molecule has 2 aromatic rings. The van der Waals surface area contributed by atoms with Gasteiger partial charge in [0.15, 0.2) is 0 Å². The maximum atomic E-state index is 12.1. The van der Waals surface area contributed by atoms with Crippen molar-refractivity contribution in [3.63, 3.8) is 0 Å². The lowest BCUT2D eigenvalue weighted by Gasteiger charge is -2.21. The third-order valence-electron chi connectivity index (χ3n) is 3.76. The average molecular weight is 312 g/mol. The number of nitrogens with zero attached hydrogens (tertiary/aromatic N) is 3. The van der Waals surface area contributed by atoms with Crippen molar-refractivity contribution in [3.05, 3.63) is 47.8 Å². The van der Waals surface area contributed by atoms with Gasteiger partial charge in [-0.3, -0.25) is 4.79 Å². The van der Waals surface area contributed by atoms with Gasteiger partial charge in [0.25, 0.3) is 5.91 Å². The van der Waals surface area contributed by atoms with Gasteiger partial charge >= 0.3 is 0 Å². The molecule has 1 atom stereocenters. The summed E-state index contributed by atoms with van der Waals surface area (Å²) < 4.78 is 0. The Labute approximate surface area is 137 Å². The molecule has 0 radical (unpaired) electrons. The summed E-state index contributed by atoms with van der Waals surface area (Å²) in [6, 6.07) is 8.34. The van der Waals surface area contributed by atoms with Crippen LogP contribution < -0.4 is 10.2 Å². The van der Waals surface area contributed by atoms with E-state index in [9.17, 15) is 4.79 Å². The van der Waals surface area contributed by atoms with Crippen molar-refractivity contribution in [2.45, 2.75) is 40.2 Å². The number of hydrogen-bond donors (Lipinski definition) is 1. The Kier molecular flexibility index (Phi) is 5.68. The van der Waals surface area contributed by atoms with Gasteiger partial charge in [0, 0.05) is 30.7 Å². The fourth-order valence-electron chi connectivity index (χ4n) is 2.22. The normalized spacial score (nSPS) is 11.8. The number of nitrogens with one attached hydrogen (secondary N) is 1. The van der Waals surface area contributed by atoms with Gasteiger partial charge in [-0.15, -0.1) is 0 Å². The summed E-state index contributed by atoms with van der Waals surface area (Å²) in [5, 5.41) is 2.92. The van der Waals surface area contributed by atoms with Crippen LogP contribution in [0.2, 0.25) is 0 Å². The van der Waals surface area contributed by atoms with Gasteiger partial charge in [0.05, 0.1) is 5.56 Å². The summed E-state index contributed by atoms with van der Waals surface area (Å²) in [5.74, 6) is 0.461. The van der Waals surface area contributed by atoms with Gasteiger partial charge < -0.3 is 10.2 Å². The molecule has 0 aliphatic rings. The fourth-order valence-corrected chi connectivity index (χ4v) is 2.22. The minimum Gasteiger partial charge on any atom is -0.350 e. The molecule has 0 fully saturated rings. The van der Waals surface area contributed by atoms with E-state index in [4.69, 9.17) is 0 Å². The molecular weight excluding hydrogens is 288 g/mol. The molecule has 0 bridgehead atoms. The first-order valence-corrected chi connectivity index (χ1v) is 8.02. The smallest absolute Gasteiger partial charge is 0.254 e. The molecule has 1 aromatic carbocycles. The van der Waals surface area contributed by atoms with E-state index in [1.54, 1.807) is 12.4 Å². The summed E-state index contributed by atoms with van der Waals surface area (Å²) in [7, 11) is 0. The molecule has 1 amide bonds. The van der Waals surface area contributed by atoms with Gasteiger partial charge in [-0.05, 0) is 44.9 Å². The molecule has 0 spiro atoms. The van der Waals surface area contributed by atoms with E-state index in [1.165, 1.54) is 5.56 Å². The Bertz CT molecular complexity index is 654. The van der Waals surface area contributed by atoms with Crippen molar-refractivity contribution in [1.29, 1.82) is 0 Å². The van der Waals surface area contributed by atoms with Crippen LogP contribution in [-0.4, -0.2) is 28.5 Å². The Morgan fingerprint density at radius 3 is 2.52 bits per heavy atom. The molecule has 0 aliphatic heterocycles. The lowest BCUT2D eigenvalue weighted by molar-refractivity contribution is 0.0938. The topological polar surface area (TPSA) is 58.1 Å². The van der Waals surface area contributed by atoms with Gasteiger partial charge in [0.1, 0.15) is 0 Å². The minimum atomic E-state index is -0.135. The van der Waals surface area contributed by atoms with E-state index in [-0.39, 0.29) is 11.9 Å². The standard InChI is InChI=1S/C18H24N4O/c1-5-14(4)21-17(23)15-11-19-18(20-12-15)22(6-2)16-9-7-8-13(3)10-16/h7-12,14H,5-6H2,1-4H3,(H,21,23). The van der Waals surface area contributed by atoms with E-state index in [1.807, 2.05) is 30.9 Å². The van der Waals surface area contributed by atoms with Crippen molar-refractivity contribution in [1.82, 2.24) is 15.3 Å². The molecule has 0 saturated carbocycles. The summed E-state index contributed by atoms with van der Waals surface area (Å²) in [5.41, 5.74) is 2.71. The Balaban J connectivity index is 2.19. The number of benzene rings is 1. The Morgan fingerprint density at radius 2 is 1.96 bits per heavy atom. The van der Waals surface area contributed by atoms with E-state index in [0.29, 0.717) is 11.5 Å². The second-order valence-corrected chi connectivity index (χ2v) is 5.64. The number of aryl methyl sites for hydroxylation is 1. The second-order valence-electron chi connectivity index (χ2n) is 5.64. The van der Waals surface area contributed by atoms with Crippen molar-refractivity contribution in [2.75, 3.05) is 11.4 Å². The van der Waals surface area contributed by atoms with Crippen LogP contribution in [0.3, 0.4) is 0 Å². The highest BCUT2D eigenvalue weighted by molar-refractivity contribution is 5.93. The molecule has 1 aromatic heterocycles. The largest absolute Gasteiger partial charge is 0.350 e. The monoisotopic (exact) mass is 312 g/mol. The number of rotatable bonds is 6. The Hall–Kier alpha value is -2.43. The van der Waals surface area contributed by atoms with Crippen LogP contribution in [0.1, 0.15) is 43.1 Å². The van der Waals surface area contributed by atoms with Crippen molar-refractivity contribution < 1.29 is 4.79 Å². The number of carbonyl (C=O) groups excluding carboxylic acids is 1. The van der Waals surface area contributed by atoms with Crippen molar-refractivity contribution in [2.24, 2.45) is 0 Å². The van der Waals surface area contributed by atoms with Crippen LogP contribution in [0.15, 0.2) is 36.7 Å². The zero-order chi connectivity index (χ0) is 16.8. The SMILES string of the molecule is CCC(C)NC(=O)c1cnc(N(CC)c2cccc(C)c2)nc1. The van der Waals surface area contributed by atoms with E-state index < -0.39 is 0 Å². The summed E-state index contributed by atoms with van der Waals surface area (Å²) in [6.07, 6.45) is 4.05. The maximum absolute atomic E-state index is 12.1. The predicted octanol–water partition coefficient (Wildman–Crippen LogP) is 3.47. The molecular formula is C18H24N4O. The first-order chi connectivity index (χ1) is 11.0. The van der Waals surface area contributed by atoms with Gasteiger partial charge in [-0.1, -0.05) is 19.1 Å². The molecule has 122 valence electrons. The Morgan fingerprint density at radius 1 is 1.26 bits per heavy atom. The predicted molar refractivity (Wildman–Crippen MR) is 93.1 cm³/mol. The van der Waals surface area contributed by atoms with Crippen LogP contribution >= 0.6 is 0 Å². The highest BCUT2D eigenvalue weighted by Gasteiger charge is 2.13. The number of carbonyl (C=O) groups is 1. The number of anilines is 2. The number of amides is 1. The third-order valence-corrected chi connectivity index (χ3v) is 3.76. The zero-order valence-corrected chi connectivity index (χ0v) is 14.2. The van der Waals surface area contributed by atoms with Crippen LogP contribution in [-0.2, 0) is 0 Å². The molecule has 23 heavy (non-hydrogen) atoms. The molecule has 0 saturated heterocycles. The molecule has 5 heteroatoms. The lowest BCUT2D eigenvalue weighted by Crippen LogP contribution is -2.32. The zero-order valence-electron chi connectivity index (χ0n) is 14.2. The summed E-state index contributed by atoms with van der Waals surface area (Å²) >= 11 is 0. The lowest BCUT2D eigenvalue weighted by atomic mass is 10.2. The fraction of sp³-hybridized carbons (Fsp3) is 0.389. The molecule has 5 nitrogen and oxygen atoms in total. The van der Waals surface area contributed by atoms with Crippen LogP contribution in [0.4, 0.5) is 11.6 Å². The van der Waals surface area contributed by atoms with Gasteiger partial charge in [0.2, 0.25) is 5.95 Å². The highest BCUT2D eigenvalue weighted by Crippen LogP contribution is 2.22. The maximum Gasteiger partial charge on any atom is 0.254 e. The van der Waals surface area contributed by atoms with Gasteiger partial charge in [-0.25, -0.2) is 9.97 Å². The first-order valence-electron chi connectivity index (χ1n) is 8.02. The third kappa shape index (κ3) is 4.28. The number of hydrogen-bond acceptors (Lipinski definition) is 4. The van der Waals surface area contributed by atoms with Crippen LogP contribution in [0, 0.1) is 6.92 Å².